The van der Waals surface area contributed by atoms with Gasteiger partial charge in [-0.15, -0.1) is 24.5 Å². The van der Waals surface area contributed by atoms with Gasteiger partial charge in [-0.3, -0.25) is 0 Å². The summed E-state index contributed by atoms with van der Waals surface area (Å²) in [5.74, 6) is 0.974. The molecule has 3 rings (SSSR count). The second kappa shape index (κ2) is 5.69. The zero-order valence-electron chi connectivity index (χ0n) is 12.3. The molecule has 0 unspecified atom stereocenters. The number of fused-ring (bicyclic) bond motifs is 1. The molecule has 0 aliphatic carbocycles. The third-order valence-electron chi connectivity index (χ3n) is 3.15. The van der Waals surface area contributed by atoms with Crippen LogP contribution in [-0.4, -0.2) is 23.4 Å². The maximum absolute atomic E-state index is 12.4. The highest BCUT2D eigenvalue weighted by atomic mass is 32.1. The van der Waals surface area contributed by atoms with Gasteiger partial charge in [0.05, 0.1) is 10.2 Å². The Kier molecular flexibility index (Phi) is 3.85. The van der Waals surface area contributed by atoms with E-state index in [0.717, 1.165) is 10.2 Å². The average molecular weight is 339 g/mol. The molecule has 2 heterocycles. The number of hydrogen-bond donors (Lipinski definition) is 0. The summed E-state index contributed by atoms with van der Waals surface area (Å²) < 4.78 is 41.9. The Morgan fingerprint density at radius 3 is 2.70 bits per heavy atom. The molecule has 0 amide bonds. The van der Waals surface area contributed by atoms with E-state index in [4.69, 9.17) is 0 Å². The van der Waals surface area contributed by atoms with Gasteiger partial charge in [0.25, 0.3) is 0 Å². The molecule has 1 aromatic carbocycles. The molecule has 0 aliphatic heterocycles. The summed E-state index contributed by atoms with van der Waals surface area (Å²) in [6, 6.07) is 7.67. The average Bonchev–Trinajstić information content (AvgIpc) is 2.92. The molecule has 4 nitrogen and oxygen atoms in total. The lowest BCUT2D eigenvalue weighted by Crippen LogP contribution is -2.18. The van der Waals surface area contributed by atoms with Crippen molar-refractivity contribution in [2.75, 3.05) is 11.9 Å². The normalized spacial score (nSPS) is 11.7. The lowest BCUT2D eigenvalue weighted by molar-refractivity contribution is -0.274. The van der Waals surface area contributed by atoms with Crippen molar-refractivity contribution in [1.82, 2.24) is 9.97 Å². The third-order valence-corrected chi connectivity index (χ3v) is 4.05. The monoisotopic (exact) mass is 339 g/mol. The number of aryl methyl sites for hydroxylation is 1. The van der Waals surface area contributed by atoms with Gasteiger partial charge in [0.2, 0.25) is 0 Å². The van der Waals surface area contributed by atoms with Crippen molar-refractivity contribution in [2.24, 2.45) is 0 Å². The van der Waals surface area contributed by atoms with E-state index in [-0.39, 0.29) is 5.75 Å². The molecule has 0 fully saturated rings. The summed E-state index contributed by atoms with van der Waals surface area (Å²) in [5.41, 5.74) is 1.35. The van der Waals surface area contributed by atoms with E-state index in [1.807, 2.05) is 11.4 Å². The minimum absolute atomic E-state index is 0.268. The number of ether oxygens (including phenoxy) is 1. The van der Waals surface area contributed by atoms with Crippen LogP contribution in [0.1, 0.15) is 5.82 Å². The molecule has 0 aliphatic rings. The fourth-order valence-corrected chi connectivity index (χ4v) is 3.06. The number of rotatable bonds is 3. The first-order valence-corrected chi connectivity index (χ1v) is 7.53. The van der Waals surface area contributed by atoms with Gasteiger partial charge in [-0.1, -0.05) is 6.07 Å². The van der Waals surface area contributed by atoms with Gasteiger partial charge in [-0.05, 0) is 30.5 Å². The summed E-state index contributed by atoms with van der Waals surface area (Å²) in [4.78, 5) is 10.5. The maximum Gasteiger partial charge on any atom is 0.573 e. The van der Waals surface area contributed by atoms with Gasteiger partial charge in [0, 0.05) is 18.8 Å². The molecule has 0 radical (unpaired) electrons. The predicted octanol–water partition coefficient (Wildman–Crippen LogP) is 4.67. The largest absolute Gasteiger partial charge is 0.573 e. The van der Waals surface area contributed by atoms with Gasteiger partial charge in [-0.25, -0.2) is 9.97 Å². The fourth-order valence-electron chi connectivity index (χ4n) is 2.20. The van der Waals surface area contributed by atoms with Crippen LogP contribution in [0.4, 0.5) is 24.7 Å². The second-order valence-electron chi connectivity index (χ2n) is 4.83. The highest BCUT2D eigenvalue weighted by Gasteiger charge is 2.31. The Labute approximate surface area is 134 Å². The number of alkyl halides is 3. The first-order valence-electron chi connectivity index (χ1n) is 6.65. The molecular weight excluding hydrogens is 327 g/mol. The van der Waals surface area contributed by atoms with E-state index in [9.17, 15) is 13.2 Å². The Morgan fingerprint density at radius 1 is 1.17 bits per heavy atom. The highest BCUT2D eigenvalue weighted by molar-refractivity contribution is 7.17. The number of thiophene rings is 1. The van der Waals surface area contributed by atoms with Gasteiger partial charge >= 0.3 is 6.36 Å². The number of benzene rings is 1. The van der Waals surface area contributed by atoms with Gasteiger partial charge in [-0.2, -0.15) is 0 Å². The van der Waals surface area contributed by atoms with Crippen molar-refractivity contribution in [2.45, 2.75) is 13.3 Å². The van der Waals surface area contributed by atoms with Crippen molar-refractivity contribution in [3.63, 3.8) is 0 Å². The van der Waals surface area contributed by atoms with Crippen LogP contribution >= 0.6 is 11.3 Å². The molecule has 0 atom stereocenters. The van der Waals surface area contributed by atoms with E-state index in [0.29, 0.717) is 17.3 Å². The van der Waals surface area contributed by atoms with Crippen molar-refractivity contribution in [3.8, 4) is 5.75 Å². The zero-order valence-corrected chi connectivity index (χ0v) is 13.1. The van der Waals surface area contributed by atoms with Gasteiger partial charge in [0.1, 0.15) is 11.6 Å². The summed E-state index contributed by atoms with van der Waals surface area (Å²) in [5, 5.41) is 1.90. The quantitative estimate of drug-likeness (QED) is 0.695. The third kappa shape index (κ3) is 3.37. The van der Waals surface area contributed by atoms with E-state index >= 15 is 0 Å². The molecular formula is C15H12F3N3OS. The predicted molar refractivity (Wildman–Crippen MR) is 83.3 cm³/mol. The minimum atomic E-state index is -4.72. The van der Waals surface area contributed by atoms with Crippen LogP contribution in [0.3, 0.4) is 0 Å². The molecule has 120 valence electrons. The second-order valence-corrected chi connectivity index (χ2v) is 5.75. The first-order chi connectivity index (χ1) is 10.8. The van der Waals surface area contributed by atoms with Crippen LogP contribution in [-0.2, 0) is 0 Å². The van der Waals surface area contributed by atoms with Crippen molar-refractivity contribution < 1.29 is 17.9 Å². The summed E-state index contributed by atoms with van der Waals surface area (Å²) in [7, 11) is 1.74. The lowest BCUT2D eigenvalue weighted by atomic mass is 10.2. The zero-order chi connectivity index (χ0) is 16.6. The van der Waals surface area contributed by atoms with Crippen molar-refractivity contribution in [3.05, 3.63) is 41.5 Å². The summed E-state index contributed by atoms with van der Waals surface area (Å²) in [6.07, 6.45) is -4.72. The molecule has 0 saturated carbocycles. The lowest BCUT2D eigenvalue weighted by Gasteiger charge is -2.20. The minimum Gasteiger partial charge on any atom is -0.406 e. The van der Waals surface area contributed by atoms with Crippen LogP contribution in [0.15, 0.2) is 35.7 Å². The van der Waals surface area contributed by atoms with Gasteiger partial charge < -0.3 is 9.64 Å². The molecule has 0 saturated heterocycles. The van der Waals surface area contributed by atoms with Crippen LogP contribution in [0.2, 0.25) is 0 Å². The van der Waals surface area contributed by atoms with E-state index in [2.05, 4.69) is 14.7 Å². The number of hydrogen-bond acceptors (Lipinski definition) is 5. The summed E-state index contributed by atoms with van der Waals surface area (Å²) in [6.45, 7) is 1.78. The van der Waals surface area contributed by atoms with Crippen LogP contribution in [0, 0.1) is 6.92 Å². The fraction of sp³-hybridized carbons (Fsp3) is 0.200. The Balaban J connectivity index is 2.01. The molecule has 23 heavy (non-hydrogen) atoms. The van der Waals surface area contributed by atoms with Crippen molar-refractivity contribution in [1.29, 1.82) is 0 Å². The van der Waals surface area contributed by atoms with Crippen LogP contribution < -0.4 is 9.64 Å². The smallest absolute Gasteiger partial charge is 0.406 e. The van der Waals surface area contributed by atoms with E-state index < -0.39 is 6.36 Å². The Bertz CT molecular complexity index is 847. The molecule has 2 aromatic heterocycles. The highest BCUT2D eigenvalue weighted by Crippen LogP contribution is 2.34. The SMILES string of the molecule is Cc1nc(N(C)c2cccc(OC(F)(F)F)c2)c2sccc2n1. The van der Waals surface area contributed by atoms with E-state index in [1.165, 1.54) is 29.5 Å². The molecule has 3 aromatic rings. The van der Waals surface area contributed by atoms with Gasteiger partial charge in [0.15, 0.2) is 5.82 Å². The van der Waals surface area contributed by atoms with Crippen LogP contribution in [0.5, 0.6) is 5.75 Å². The first kappa shape index (κ1) is 15.5. The summed E-state index contributed by atoms with van der Waals surface area (Å²) >= 11 is 1.48. The molecule has 0 spiro atoms. The molecule has 0 bridgehead atoms. The number of aromatic nitrogens is 2. The maximum atomic E-state index is 12.4. The Hall–Kier alpha value is -2.35. The topological polar surface area (TPSA) is 38.2 Å². The molecule has 0 N–H and O–H groups in total. The number of anilines is 2. The standard InChI is InChI=1S/C15H12F3N3OS/c1-9-19-12-6-7-23-13(12)14(20-9)21(2)10-4-3-5-11(8-10)22-15(16,17)18/h3-8H,1-2H3. The number of nitrogens with zero attached hydrogens (tertiary/aromatic N) is 3. The van der Waals surface area contributed by atoms with E-state index in [1.54, 1.807) is 24.9 Å². The molecule has 8 heteroatoms. The number of halogens is 3. The Morgan fingerprint density at radius 2 is 1.96 bits per heavy atom. The van der Waals surface area contributed by atoms with Crippen LogP contribution in [0.25, 0.3) is 10.2 Å². The van der Waals surface area contributed by atoms with Crippen molar-refractivity contribution >= 4 is 33.1 Å².